The molecule has 2 atom stereocenters. The SMILES string of the molecule is O=C(CCc1ccccc1)N1CC[C@](O)(CNCc2ccc(Cl)cc2)[C@@H](O)C1. The number of hydrogen-bond donors (Lipinski definition) is 3. The van der Waals surface area contributed by atoms with Crippen molar-refractivity contribution in [1.82, 2.24) is 10.2 Å². The molecule has 1 heterocycles. The smallest absolute Gasteiger partial charge is 0.222 e. The summed E-state index contributed by atoms with van der Waals surface area (Å²) in [5.74, 6) is 0.0130. The number of nitrogens with one attached hydrogen (secondary N) is 1. The van der Waals surface area contributed by atoms with Crippen molar-refractivity contribution in [3.8, 4) is 0 Å². The average molecular weight is 403 g/mol. The van der Waals surface area contributed by atoms with Crippen LogP contribution in [0.1, 0.15) is 24.0 Å². The number of aliphatic hydroxyl groups is 2. The van der Waals surface area contributed by atoms with E-state index in [2.05, 4.69) is 5.32 Å². The number of piperidine rings is 1. The van der Waals surface area contributed by atoms with E-state index in [1.54, 1.807) is 4.90 Å². The summed E-state index contributed by atoms with van der Waals surface area (Å²) in [7, 11) is 0. The minimum Gasteiger partial charge on any atom is -0.388 e. The first-order valence-corrected chi connectivity index (χ1v) is 10.0. The number of amides is 1. The van der Waals surface area contributed by atoms with Gasteiger partial charge in [-0.15, -0.1) is 0 Å². The van der Waals surface area contributed by atoms with Gasteiger partial charge >= 0.3 is 0 Å². The highest BCUT2D eigenvalue weighted by Gasteiger charge is 2.41. The van der Waals surface area contributed by atoms with Crippen LogP contribution in [-0.2, 0) is 17.8 Å². The van der Waals surface area contributed by atoms with Crippen LogP contribution in [0.4, 0.5) is 0 Å². The summed E-state index contributed by atoms with van der Waals surface area (Å²) in [5.41, 5.74) is 0.940. The third-order valence-corrected chi connectivity index (χ3v) is 5.58. The van der Waals surface area contributed by atoms with Gasteiger partial charge in [0.2, 0.25) is 5.91 Å². The molecular formula is C22H27ClN2O3. The first kappa shape index (κ1) is 20.8. The van der Waals surface area contributed by atoms with Crippen LogP contribution in [-0.4, -0.2) is 52.4 Å². The lowest BCUT2D eigenvalue weighted by Crippen LogP contribution is -2.60. The molecule has 0 saturated carbocycles. The molecule has 0 aromatic heterocycles. The van der Waals surface area contributed by atoms with Gasteiger partial charge in [-0.1, -0.05) is 54.1 Å². The van der Waals surface area contributed by atoms with E-state index in [4.69, 9.17) is 11.6 Å². The van der Waals surface area contributed by atoms with Crippen LogP contribution in [0.25, 0.3) is 0 Å². The lowest BCUT2D eigenvalue weighted by molar-refractivity contribution is -0.148. The topological polar surface area (TPSA) is 72.8 Å². The predicted molar refractivity (Wildman–Crippen MR) is 110 cm³/mol. The van der Waals surface area contributed by atoms with Gasteiger partial charge in [-0.2, -0.15) is 0 Å². The van der Waals surface area contributed by atoms with Crippen molar-refractivity contribution in [2.45, 2.75) is 37.5 Å². The summed E-state index contributed by atoms with van der Waals surface area (Å²) in [6.45, 7) is 1.45. The van der Waals surface area contributed by atoms with Crippen molar-refractivity contribution < 1.29 is 15.0 Å². The number of halogens is 1. The average Bonchev–Trinajstić information content (AvgIpc) is 2.71. The summed E-state index contributed by atoms with van der Waals surface area (Å²) >= 11 is 5.88. The van der Waals surface area contributed by atoms with E-state index in [1.807, 2.05) is 54.6 Å². The summed E-state index contributed by atoms with van der Waals surface area (Å²) in [6.07, 6.45) is 0.460. The summed E-state index contributed by atoms with van der Waals surface area (Å²) in [5, 5.41) is 25.1. The number of likely N-dealkylation sites (tertiary alicyclic amines) is 1. The number of carbonyl (C=O) groups excluding carboxylic acids is 1. The number of nitrogens with zero attached hydrogens (tertiary/aromatic N) is 1. The van der Waals surface area contributed by atoms with Crippen LogP contribution >= 0.6 is 11.6 Å². The number of aliphatic hydroxyl groups excluding tert-OH is 1. The fourth-order valence-electron chi connectivity index (χ4n) is 3.48. The number of rotatable bonds is 7. The van der Waals surface area contributed by atoms with Gasteiger partial charge in [-0.3, -0.25) is 4.79 Å². The third kappa shape index (κ3) is 5.55. The van der Waals surface area contributed by atoms with Crippen LogP contribution < -0.4 is 5.32 Å². The molecule has 1 aliphatic heterocycles. The van der Waals surface area contributed by atoms with Gasteiger partial charge in [0.1, 0.15) is 11.7 Å². The van der Waals surface area contributed by atoms with Gasteiger partial charge in [0, 0.05) is 37.6 Å². The number of β-amino-alcohol motifs (C(OH)–C–C–N with tert-alkyl or cyclic N) is 1. The first-order valence-electron chi connectivity index (χ1n) is 9.63. The summed E-state index contributed by atoms with van der Waals surface area (Å²) < 4.78 is 0. The number of benzene rings is 2. The van der Waals surface area contributed by atoms with Crippen LogP contribution in [0.5, 0.6) is 0 Å². The van der Waals surface area contributed by atoms with E-state index in [1.165, 1.54) is 0 Å². The van der Waals surface area contributed by atoms with Crippen molar-refractivity contribution in [3.05, 3.63) is 70.7 Å². The number of aryl methyl sites for hydroxylation is 1. The second-order valence-corrected chi connectivity index (χ2v) is 7.86. The van der Waals surface area contributed by atoms with Crippen LogP contribution in [0.3, 0.4) is 0 Å². The van der Waals surface area contributed by atoms with Gasteiger partial charge in [-0.25, -0.2) is 0 Å². The second-order valence-electron chi connectivity index (χ2n) is 7.42. The highest BCUT2D eigenvalue weighted by atomic mass is 35.5. The molecule has 1 saturated heterocycles. The molecular weight excluding hydrogens is 376 g/mol. The molecule has 3 rings (SSSR count). The molecule has 0 aliphatic carbocycles. The van der Waals surface area contributed by atoms with Crippen molar-refractivity contribution in [3.63, 3.8) is 0 Å². The van der Waals surface area contributed by atoms with Gasteiger partial charge in [-0.05, 0) is 36.1 Å². The highest BCUT2D eigenvalue weighted by Crippen LogP contribution is 2.23. The minimum absolute atomic E-state index is 0.0130. The van der Waals surface area contributed by atoms with Gasteiger partial charge in [0.15, 0.2) is 0 Å². The predicted octanol–water partition coefficient (Wildman–Crippen LogP) is 2.39. The third-order valence-electron chi connectivity index (χ3n) is 5.32. The Bertz CT molecular complexity index is 769. The molecule has 5 nitrogen and oxygen atoms in total. The Kier molecular flexibility index (Phi) is 7.08. The zero-order valence-corrected chi connectivity index (χ0v) is 16.6. The van der Waals surface area contributed by atoms with Crippen LogP contribution in [0.2, 0.25) is 5.02 Å². The minimum atomic E-state index is -1.23. The Hall–Kier alpha value is -1.92. The Labute approximate surface area is 170 Å². The molecule has 2 aromatic rings. The fourth-order valence-corrected chi connectivity index (χ4v) is 3.60. The molecule has 2 aromatic carbocycles. The maximum atomic E-state index is 12.5. The number of carbonyl (C=O) groups is 1. The van der Waals surface area contributed by atoms with E-state index in [0.717, 1.165) is 11.1 Å². The van der Waals surface area contributed by atoms with E-state index in [9.17, 15) is 15.0 Å². The summed E-state index contributed by atoms with van der Waals surface area (Å²) in [6, 6.07) is 17.4. The van der Waals surface area contributed by atoms with Crippen LogP contribution in [0, 0.1) is 0 Å². The monoisotopic (exact) mass is 402 g/mol. The molecule has 1 amide bonds. The van der Waals surface area contributed by atoms with Gasteiger partial charge < -0.3 is 20.4 Å². The normalized spacial score (nSPS) is 22.2. The van der Waals surface area contributed by atoms with Crippen molar-refractivity contribution in [2.24, 2.45) is 0 Å². The quantitative estimate of drug-likeness (QED) is 0.665. The molecule has 150 valence electrons. The van der Waals surface area contributed by atoms with Crippen molar-refractivity contribution in [2.75, 3.05) is 19.6 Å². The molecule has 28 heavy (non-hydrogen) atoms. The van der Waals surface area contributed by atoms with E-state index in [-0.39, 0.29) is 19.0 Å². The maximum absolute atomic E-state index is 12.5. The zero-order chi connectivity index (χ0) is 20.0. The highest BCUT2D eigenvalue weighted by molar-refractivity contribution is 6.30. The second kappa shape index (κ2) is 9.52. The van der Waals surface area contributed by atoms with E-state index >= 15 is 0 Å². The molecule has 6 heteroatoms. The van der Waals surface area contributed by atoms with E-state index in [0.29, 0.717) is 37.4 Å². The molecule has 3 N–H and O–H groups in total. The summed E-state index contributed by atoms with van der Waals surface area (Å²) in [4.78, 5) is 14.1. The van der Waals surface area contributed by atoms with Crippen LogP contribution in [0.15, 0.2) is 54.6 Å². The maximum Gasteiger partial charge on any atom is 0.222 e. The van der Waals surface area contributed by atoms with E-state index < -0.39 is 11.7 Å². The molecule has 1 aliphatic rings. The Morgan fingerprint density at radius 1 is 1.14 bits per heavy atom. The number of hydrogen-bond acceptors (Lipinski definition) is 4. The lowest BCUT2D eigenvalue weighted by Gasteiger charge is -2.42. The standard InChI is InChI=1S/C22H27ClN2O3/c23-19-9-6-18(7-10-19)14-24-16-22(28)12-13-25(15-20(22)26)21(27)11-8-17-4-2-1-3-5-17/h1-7,9-10,20,24,26,28H,8,11-16H2/t20-,22-/m0/s1. The van der Waals surface area contributed by atoms with Crippen molar-refractivity contribution >= 4 is 17.5 Å². The zero-order valence-electron chi connectivity index (χ0n) is 15.9. The Balaban J connectivity index is 1.45. The molecule has 0 radical (unpaired) electrons. The Morgan fingerprint density at radius 2 is 1.86 bits per heavy atom. The molecule has 0 spiro atoms. The fraction of sp³-hybridized carbons (Fsp3) is 0.409. The largest absolute Gasteiger partial charge is 0.388 e. The van der Waals surface area contributed by atoms with Gasteiger partial charge in [0.05, 0.1) is 0 Å². The lowest BCUT2D eigenvalue weighted by atomic mass is 9.88. The molecule has 0 bridgehead atoms. The van der Waals surface area contributed by atoms with Gasteiger partial charge in [0.25, 0.3) is 0 Å². The molecule has 1 fully saturated rings. The Morgan fingerprint density at radius 3 is 2.54 bits per heavy atom. The van der Waals surface area contributed by atoms with Crippen molar-refractivity contribution in [1.29, 1.82) is 0 Å². The molecule has 0 unspecified atom stereocenters. The first-order chi connectivity index (χ1) is 13.5.